The summed E-state index contributed by atoms with van der Waals surface area (Å²) in [4.78, 5) is 22.3. The molecule has 0 aliphatic heterocycles. The number of amides is 1. The maximum atomic E-state index is 11.8. The van der Waals surface area contributed by atoms with E-state index in [-0.39, 0.29) is 11.6 Å². The van der Waals surface area contributed by atoms with Gasteiger partial charge in [0.2, 0.25) is 0 Å². The SMILES string of the molecule is CC(C)NC(=O)/C(C#N)=C\c1ccc(OCC(=O)O)c(I)c1. The van der Waals surface area contributed by atoms with E-state index in [1.165, 1.54) is 6.08 Å². The molecule has 0 aliphatic rings. The van der Waals surface area contributed by atoms with Crippen molar-refractivity contribution in [1.29, 1.82) is 5.26 Å². The first kappa shape index (κ1) is 18.0. The maximum Gasteiger partial charge on any atom is 0.341 e. The minimum atomic E-state index is -1.06. The van der Waals surface area contributed by atoms with E-state index in [1.807, 2.05) is 42.5 Å². The summed E-state index contributed by atoms with van der Waals surface area (Å²) in [5.74, 6) is -1.05. The fourth-order valence-electron chi connectivity index (χ4n) is 1.52. The molecule has 7 heteroatoms. The second-order valence-corrected chi connectivity index (χ2v) is 5.83. The molecule has 116 valence electrons. The molecule has 2 N–H and O–H groups in total. The number of rotatable bonds is 6. The average Bonchev–Trinajstić information content (AvgIpc) is 2.42. The third kappa shape index (κ3) is 5.73. The van der Waals surface area contributed by atoms with Crippen LogP contribution in [-0.4, -0.2) is 29.6 Å². The average molecular weight is 414 g/mol. The van der Waals surface area contributed by atoms with Gasteiger partial charge in [0, 0.05) is 6.04 Å². The van der Waals surface area contributed by atoms with Gasteiger partial charge in [0.1, 0.15) is 17.4 Å². The van der Waals surface area contributed by atoms with E-state index in [4.69, 9.17) is 15.1 Å². The molecule has 0 heterocycles. The molecule has 0 saturated heterocycles. The molecular formula is C15H15IN2O4. The van der Waals surface area contributed by atoms with E-state index in [1.54, 1.807) is 18.2 Å². The van der Waals surface area contributed by atoms with Gasteiger partial charge in [-0.2, -0.15) is 5.26 Å². The molecule has 0 bridgehead atoms. The first-order valence-corrected chi connectivity index (χ1v) is 7.48. The lowest BCUT2D eigenvalue weighted by Crippen LogP contribution is -2.30. The molecule has 0 aromatic heterocycles. The van der Waals surface area contributed by atoms with Crippen LogP contribution < -0.4 is 10.1 Å². The number of halogens is 1. The Labute approximate surface area is 141 Å². The summed E-state index contributed by atoms with van der Waals surface area (Å²) in [7, 11) is 0. The van der Waals surface area contributed by atoms with Crippen LogP contribution in [0, 0.1) is 14.9 Å². The third-order valence-electron chi connectivity index (χ3n) is 2.40. The summed E-state index contributed by atoms with van der Waals surface area (Å²) in [5, 5.41) is 20.3. The number of ether oxygens (including phenoxy) is 1. The largest absolute Gasteiger partial charge is 0.481 e. The molecule has 0 radical (unpaired) electrons. The van der Waals surface area contributed by atoms with Crippen LogP contribution in [0.15, 0.2) is 23.8 Å². The number of hydrogen-bond acceptors (Lipinski definition) is 4. The lowest BCUT2D eigenvalue weighted by atomic mass is 10.1. The Bertz CT molecular complexity index is 647. The van der Waals surface area contributed by atoms with Crippen molar-refractivity contribution in [2.75, 3.05) is 6.61 Å². The molecule has 1 aromatic carbocycles. The number of hydrogen-bond donors (Lipinski definition) is 2. The van der Waals surface area contributed by atoms with Crippen LogP contribution in [0.4, 0.5) is 0 Å². The van der Waals surface area contributed by atoms with Gasteiger partial charge in [0.05, 0.1) is 3.57 Å². The fraction of sp³-hybridized carbons (Fsp3) is 0.267. The molecule has 0 atom stereocenters. The second kappa shape index (κ2) is 8.38. The Morgan fingerprint density at radius 2 is 2.18 bits per heavy atom. The summed E-state index contributed by atoms with van der Waals surface area (Å²) in [5.41, 5.74) is 0.659. The quantitative estimate of drug-likeness (QED) is 0.423. The Hall–Kier alpha value is -2.08. The highest BCUT2D eigenvalue weighted by Crippen LogP contribution is 2.23. The summed E-state index contributed by atoms with van der Waals surface area (Å²) < 4.78 is 5.80. The van der Waals surface area contributed by atoms with Crippen LogP contribution in [0.5, 0.6) is 5.75 Å². The molecule has 0 unspecified atom stereocenters. The molecule has 0 saturated carbocycles. The molecule has 22 heavy (non-hydrogen) atoms. The number of carboxylic acids is 1. The summed E-state index contributed by atoms with van der Waals surface area (Å²) in [6.45, 7) is 3.19. The number of nitrogens with zero attached hydrogens (tertiary/aromatic N) is 1. The number of benzene rings is 1. The van der Waals surface area contributed by atoms with Gasteiger partial charge in [-0.3, -0.25) is 4.79 Å². The van der Waals surface area contributed by atoms with E-state index < -0.39 is 18.5 Å². The monoisotopic (exact) mass is 414 g/mol. The Morgan fingerprint density at radius 1 is 1.50 bits per heavy atom. The lowest BCUT2D eigenvalue weighted by Gasteiger charge is -2.08. The molecule has 1 rings (SSSR count). The van der Waals surface area contributed by atoms with Crippen molar-refractivity contribution < 1.29 is 19.4 Å². The van der Waals surface area contributed by atoms with Crippen LogP contribution in [0.3, 0.4) is 0 Å². The van der Waals surface area contributed by atoms with Gasteiger partial charge in [-0.15, -0.1) is 0 Å². The van der Waals surface area contributed by atoms with Gasteiger partial charge in [0.15, 0.2) is 6.61 Å². The van der Waals surface area contributed by atoms with E-state index in [2.05, 4.69) is 5.32 Å². The summed E-state index contributed by atoms with van der Waals surface area (Å²) in [6, 6.07) is 6.77. The topological polar surface area (TPSA) is 99.4 Å². The Morgan fingerprint density at radius 3 is 2.68 bits per heavy atom. The highest BCUT2D eigenvalue weighted by atomic mass is 127. The second-order valence-electron chi connectivity index (χ2n) is 4.67. The lowest BCUT2D eigenvalue weighted by molar-refractivity contribution is -0.139. The zero-order chi connectivity index (χ0) is 16.7. The van der Waals surface area contributed by atoms with Gasteiger partial charge in [0.25, 0.3) is 5.91 Å². The van der Waals surface area contributed by atoms with Gasteiger partial charge in [-0.1, -0.05) is 6.07 Å². The highest BCUT2D eigenvalue weighted by molar-refractivity contribution is 14.1. The number of carbonyl (C=O) groups is 2. The zero-order valence-corrected chi connectivity index (χ0v) is 14.2. The molecule has 0 aliphatic carbocycles. The van der Waals surface area contributed by atoms with Gasteiger partial charge < -0.3 is 15.2 Å². The van der Waals surface area contributed by atoms with Crippen molar-refractivity contribution in [1.82, 2.24) is 5.32 Å². The summed E-state index contributed by atoms with van der Waals surface area (Å²) >= 11 is 2.00. The first-order valence-electron chi connectivity index (χ1n) is 6.40. The van der Waals surface area contributed by atoms with E-state index in [0.29, 0.717) is 14.9 Å². The smallest absolute Gasteiger partial charge is 0.341 e. The van der Waals surface area contributed by atoms with E-state index in [9.17, 15) is 9.59 Å². The first-order chi connectivity index (χ1) is 10.3. The molecule has 6 nitrogen and oxygen atoms in total. The fourth-order valence-corrected chi connectivity index (χ4v) is 2.21. The van der Waals surface area contributed by atoms with Crippen molar-refractivity contribution in [2.45, 2.75) is 19.9 Å². The van der Waals surface area contributed by atoms with E-state index in [0.717, 1.165) is 0 Å². The summed E-state index contributed by atoms with van der Waals surface area (Å²) in [6.07, 6.45) is 1.47. The Kier molecular flexibility index (Phi) is 6.85. The predicted octanol–water partition coefficient (Wildman–Crippen LogP) is 2.19. The van der Waals surface area contributed by atoms with Crippen molar-refractivity contribution >= 4 is 40.5 Å². The van der Waals surface area contributed by atoms with Crippen LogP contribution in [-0.2, 0) is 9.59 Å². The minimum absolute atomic E-state index is 0.00343. The third-order valence-corrected chi connectivity index (χ3v) is 3.25. The van der Waals surface area contributed by atoms with Crippen LogP contribution in [0.1, 0.15) is 19.4 Å². The molecule has 1 amide bonds. The van der Waals surface area contributed by atoms with Crippen molar-refractivity contribution in [2.24, 2.45) is 0 Å². The number of carboxylic acid groups (broad SMARTS) is 1. The molecular weight excluding hydrogens is 399 g/mol. The normalized spacial score (nSPS) is 11.0. The van der Waals surface area contributed by atoms with Gasteiger partial charge in [-0.05, 0) is 60.2 Å². The minimum Gasteiger partial charge on any atom is -0.481 e. The van der Waals surface area contributed by atoms with Crippen molar-refractivity contribution in [3.63, 3.8) is 0 Å². The highest BCUT2D eigenvalue weighted by Gasteiger charge is 2.11. The van der Waals surface area contributed by atoms with Crippen LogP contribution in [0.25, 0.3) is 6.08 Å². The molecule has 1 aromatic rings. The predicted molar refractivity (Wildman–Crippen MR) is 89.2 cm³/mol. The van der Waals surface area contributed by atoms with Crippen molar-refractivity contribution in [3.8, 4) is 11.8 Å². The van der Waals surface area contributed by atoms with E-state index >= 15 is 0 Å². The number of carbonyl (C=O) groups excluding carboxylic acids is 1. The number of nitrogens with one attached hydrogen (secondary N) is 1. The maximum absolute atomic E-state index is 11.8. The van der Waals surface area contributed by atoms with Crippen LogP contribution in [0.2, 0.25) is 0 Å². The Balaban J connectivity index is 2.95. The molecule has 0 spiro atoms. The zero-order valence-electron chi connectivity index (χ0n) is 12.1. The number of aliphatic carboxylic acids is 1. The van der Waals surface area contributed by atoms with Crippen molar-refractivity contribution in [3.05, 3.63) is 32.9 Å². The molecule has 0 fully saturated rings. The van der Waals surface area contributed by atoms with Gasteiger partial charge >= 0.3 is 5.97 Å². The van der Waals surface area contributed by atoms with Gasteiger partial charge in [-0.25, -0.2) is 4.79 Å². The standard InChI is InChI=1S/C15H15IN2O4/c1-9(2)18-15(21)11(7-17)5-10-3-4-13(12(16)6-10)22-8-14(19)20/h3-6,9H,8H2,1-2H3,(H,18,21)(H,19,20)/b11-5-. The number of nitriles is 1. The van der Waals surface area contributed by atoms with Crippen LogP contribution >= 0.6 is 22.6 Å².